The molecule has 4 saturated carbocycles. The predicted molar refractivity (Wildman–Crippen MR) is 156 cm³/mol. The van der Waals surface area contributed by atoms with E-state index in [9.17, 15) is 0 Å². The number of nitrogens with two attached hydrogens (primary N) is 1. The smallest absolute Gasteiger partial charge is 0.0993 e. The van der Waals surface area contributed by atoms with Gasteiger partial charge in [0, 0.05) is 35.5 Å². The van der Waals surface area contributed by atoms with Gasteiger partial charge >= 0.3 is 0 Å². The minimum atomic E-state index is -2.17. The fraction of sp³-hybridized carbons (Fsp3) is 1.00. The van der Waals surface area contributed by atoms with Gasteiger partial charge < -0.3 is 14.4 Å². The molecule has 0 bridgehead atoms. The van der Waals surface area contributed by atoms with Crippen LogP contribution >= 0.6 is 14.3 Å². The Labute approximate surface area is 223 Å². The third-order valence-corrected chi connectivity index (χ3v) is 20.6. The van der Waals surface area contributed by atoms with Gasteiger partial charge in [-0.2, -0.15) is 0 Å². The highest BCUT2D eigenvalue weighted by molar-refractivity contribution is 7.65. The summed E-state index contributed by atoms with van der Waals surface area (Å²) in [4.78, 5) is 0. The average molecular weight is 539 g/mol. The summed E-state index contributed by atoms with van der Waals surface area (Å²) in [6.45, 7) is 0. The monoisotopic (exact) mass is 538 g/mol. The van der Waals surface area contributed by atoms with Crippen molar-refractivity contribution in [1.29, 1.82) is 0 Å². The molecule has 5 rings (SSSR count). The van der Waals surface area contributed by atoms with E-state index in [1.165, 1.54) is 148 Å². The maximum absolute atomic E-state index is 15.0. The Morgan fingerprint density at radius 3 is 0.944 bits per heavy atom. The van der Waals surface area contributed by atoms with Crippen molar-refractivity contribution in [2.24, 2.45) is 0 Å². The first-order valence-corrected chi connectivity index (χ1v) is 20.7. The molecule has 1 heterocycles. The van der Waals surface area contributed by atoms with E-state index in [2.05, 4.69) is 5.32 Å². The molecule has 3 nitrogen and oxygen atoms in total. The van der Waals surface area contributed by atoms with Crippen molar-refractivity contribution in [3.8, 4) is 0 Å². The van der Waals surface area contributed by atoms with Gasteiger partial charge in [-0.1, -0.05) is 77.0 Å². The molecule has 4 aliphatic carbocycles. The molecule has 0 amide bonds. The molecule has 2 unspecified atom stereocenters. The third-order valence-electron chi connectivity index (χ3n) is 11.5. The summed E-state index contributed by atoms with van der Waals surface area (Å²) in [7, 11) is -4.34. The SMILES string of the molecule is O=P(CC1CCCC(CP(=O)(C2CCCCC2)C2CCCCC2)[NH2+]1)(C1CCCCC1)C1CCCCC1. The van der Waals surface area contributed by atoms with Crippen LogP contribution in [0.25, 0.3) is 0 Å². The van der Waals surface area contributed by atoms with Crippen LogP contribution in [0.1, 0.15) is 148 Å². The average Bonchev–Trinajstić information content (AvgIpc) is 2.95. The highest BCUT2D eigenvalue weighted by Gasteiger charge is 2.47. The van der Waals surface area contributed by atoms with Crippen molar-refractivity contribution in [2.75, 3.05) is 12.3 Å². The lowest BCUT2D eigenvalue weighted by atomic mass is 9.99. The third kappa shape index (κ3) is 6.58. The number of hydrogen-bond donors (Lipinski definition) is 1. The van der Waals surface area contributed by atoms with Crippen LogP contribution in [-0.2, 0) is 9.13 Å². The lowest BCUT2D eigenvalue weighted by Gasteiger charge is -2.42. The summed E-state index contributed by atoms with van der Waals surface area (Å²) in [6, 6.07) is 1.06. The molecule has 0 radical (unpaired) electrons. The normalized spacial score (nSPS) is 31.4. The highest BCUT2D eigenvalue weighted by Crippen LogP contribution is 2.64. The quantitative estimate of drug-likeness (QED) is 0.315. The first-order chi connectivity index (χ1) is 17.6. The Morgan fingerprint density at radius 1 is 0.389 bits per heavy atom. The molecule has 1 saturated heterocycles. The van der Waals surface area contributed by atoms with E-state index in [-0.39, 0.29) is 0 Å². The summed E-state index contributed by atoms with van der Waals surface area (Å²) in [5.74, 6) is 0. The van der Waals surface area contributed by atoms with Crippen molar-refractivity contribution in [2.45, 2.75) is 182 Å². The van der Waals surface area contributed by atoms with Gasteiger partial charge in [-0.15, -0.1) is 0 Å². The van der Waals surface area contributed by atoms with Crippen molar-refractivity contribution in [3.05, 3.63) is 0 Å². The van der Waals surface area contributed by atoms with E-state index in [0.29, 0.717) is 34.7 Å². The molecule has 5 fully saturated rings. The molecule has 0 aromatic heterocycles. The summed E-state index contributed by atoms with van der Waals surface area (Å²) >= 11 is 0. The topological polar surface area (TPSA) is 50.8 Å². The maximum atomic E-state index is 15.0. The lowest BCUT2D eigenvalue weighted by molar-refractivity contribution is -0.722. The van der Waals surface area contributed by atoms with E-state index in [0.717, 1.165) is 12.3 Å². The van der Waals surface area contributed by atoms with Crippen LogP contribution in [0.15, 0.2) is 0 Å². The van der Waals surface area contributed by atoms with Crippen LogP contribution < -0.4 is 5.32 Å². The fourth-order valence-corrected chi connectivity index (χ4v) is 18.9. The van der Waals surface area contributed by atoms with Crippen LogP contribution in [0.4, 0.5) is 0 Å². The van der Waals surface area contributed by atoms with Gasteiger partial charge in [0.15, 0.2) is 0 Å². The Bertz CT molecular complexity index is 655. The second-order valence-corrected chi connectivity index (χ2v) is 21.0. The molecule has 2 atom stereocenters. The number of rotatable bonds is 8. The summed E-state index contributed by atoms with van der Waals surface area (Å²) in [5, 5.41) is 2.67. The molecule has 208 valence electrons. The number of quaternary nitrogens is 1. The zero-order chi connectivity index (χ0) is 24.8. The Morgan fingerprint density at radius 2 is 0.667 bits per heavy atom. The number of hydrogen-bond acceptors (Lipinski definition) is 2. The van der Waals surface area contributed by atoms with Gasteiger partial charge in [-0.25, -0.2) is 0 Å². The summed E-state index contributed by atoms with van der Waals surface area (Å²) < 4.78 is 30.0. The molecular formula is C31H58NO2P2+. The van der Waals surface area contributed by atoms with Crippen LogP contribution in [0, 0.1) is 0 Å². The van der Waals surface area contributed by atoms with Crippen LogP contribution in [0.5, 0.6) is 0 Å². The Hall–Kier alpha value is 0.420. The first-order valence-electron chi connectivity index (χ1n) is 16.6. The van der Waals surface area contributed by atoms with Crippen molar-refractivity contribution >= 4 is 14.3 Å². The zero-order valence-electron chi connectivity index (χ0n) is 23.4. The Balaban J connectivity index is 1.29. The van der Waals surface area contributed by atoms with Gasteiger partial charge in [0.1, 0.15) is 0 Å². The zero-order valence-corrected chi connectivity index (χ0v) is 25.2. The fourth-order valence-electron chi connectivity index (χ4n) is 9.52. The molecule has 0 spiro atoms. The standard InChI is InChI=1S/C31H57NO2P2/c33-35(28-16-5-1-6-17-28,29-18-7-2-8-19-29)24-26-14-13-15-27(32-26)25-36(34,30-20-9-3-10-21-30)31-22-11-4-12-23-31/h26-32H,1-25H2/p+1. The van der Waals surface area contributed by atoms with E-state index >= 15 is 9.13 Å². The molecule has 0 aromatic rings. The van der Waals surface area contributed by atoms with Crippen LogP contribution in [-0.4, -0.2) is 47.0 Å². The maximum Gasteiger partial charge on any atom is 0.0993 e. The van der Waals surface area contributed by atoms with E-state index < -0.39 is 14.3 Å². The minimum Gasteiger partial charge on any atom is -0.341 e. The summed E-state index contributed by atoms with van der Waals surface area (Å²) in [6.07, 6.45) is 31.6. The summed E-state index contributed by atoms with van der Waals surface area (Å²) in [5.41, 5.74) is 2.11. The van der Waals surface area contributed by atoms with Crippen LogP contribution in [0.2, 0.25) is 0 Å². The molecular weight excluding hydrogens is 480 g/mol. The molecule has 0 aromatic carbocycles. The van der Waals surface area contributed by atoms with Gasteiger partial charge in [0.25, 0.3) is 0 Å². The number of piperidine rings is 1. The first kappa shape index (κ1) is 28.0. The Kier molecular flexibility index (Phi) is 10.2. The van der Waals surface area contributed by atoms with Gasteiger partial charge in [0.05, 0.1) is 38.7 Å². The van der Waals surface area contributed by atoms with Gasteiger partial charge in [0.2, 0.25) is 0 Å². The lowest BCUT2D eigenvalue weighted by Crippen LogP contribution is -2.97. The van der Waals surface area contributed by atoms with Crippen LogP contribution in [0.3, 0.4) is 0 Å². The van der Waals surface area contributed by atoms with Gasteiger partial charge in [-0.05, 0) is 57.8 Å². The second-order valence-electron chi connectivity index (χ2n) is 13.9. The minimum absolute atomic E-state index is 0.527. The van der Waals surface area contributed by atoms with Crippen molar-refractivity contribution in [1.82, 2.24) is 0 Å². The van der Waals surface area contributed by atoms with E-state index in [1.807, 2.05) is 0 Å². The molecule has 1 aliphatic heterocycles. The second kappa shape index (κ2) is 13.2. The molecule has 5 aliphatic rings. The molecule has 36 heavy (non-hydrogen) atoms. The highest BCUT2D eigenvalue weighted by atomic mass is 31.2. The van der Waals surface area contributed by atoms with Crippen molar-refractivity contribution < 1.29 is 14.4 Å². The van der Waals surface area contributed by atoms with Crippen molar-refractivity contribution in [3.63, 3.8) is 0 Å². The largest absolute Gasteiger partial charge is 0.341 e. The predicted octanol–water partition coefficient (Wildman–Crippen LogP) is 8.53. The van der Waals surface area contributed by atoms with E-state index in [4.69, 9.17) is 0 Å². The van der Waals surface area contributed by atoms with Gasteiger partial charge in [-0.3, -0.25) is 0 Å². The molecule has 5 heteroatoms. The van der Waals surface area contributed by atoms with E-state index in [1.54, 1.807) is 0 Å². The molecule has 2 N–H and O–H groups in total.